The average molecular weight is 443 g/mol. The number of hydrogen-bond donors (Lipinski definition) is 0. The van der Waals surface area contributed by atoms with E-state index in [2.05, 4.69) is 0 Å². The van der Waals surface area contributed by atoms with E-state index in [4.69, 9.17) is 16.3 Å². The normalized spacial score (nSPS) is 21.7. The van der Waals surface area contributed by atoms with E-state index in [0.29, 0.717) is 50.7 Å². The Hall–Kier alpha value is -1.64. The van der Waals surface area contributed by atoms with Crippen molar-refractivity contribution in [2.24, 2.45) is 11.8 Å². The Kier molecular flexibility index (Phi) is 7.19. The van der Waals surface area contributed by atoms with E-state index in [9.17, 15) is 18.0 Å². The van der Waals surface area contributed by atoms with Gasteiger partial charge in [-0.2, -0.15) is 4.31 Å². The summed E-state index contributed by atoms with van der Waals surface area (Å²) in [7, 11) is -3.59. The Morgan fingerprint density at radius 2 is 1.72 bits per heavy atom. The minimum atomic E-state index is -3.59. The lowest BCUT2D eigenvalue weighted by Crippen LogP contribution is -2.48. The van der Waals surface area contributed by atoms with Crippen LogP contribution in [-0.2, 0) is 24.3 Å². The Morgan fingerprint density at radius 1 is 1.07 bits per heavy atom. The number of halogens is 1. The third-order valence-electron chi connectivity index (χ3n) is 5.61. The number of hydrogen-bond acceptors (Lipinski definition) is 5. The van der Waals surface area contributed by atoms with Gasteiger partial charge in [-0.05, 0) is 56.9 Å². The Balaban J connectivity index is 1.58. The molecule has 0 saturated carbocycles. The number of nitrogens with zero attached hydrogens (tertiary/aromatic N) is 2. The standard InChI is InChI=1S/C20H27ClN2O5S/c1-2-28-20(25)16-4-3-11-22(14-16)19(24)15-9-12-23(13-10-15)29(26,27)18-7-5-17(21)6-8-18/h5-8,15-16H,2-4,9-14H2,1H3. The van der Waals surface area contributed by atoms with Crippen LogP contribution in [0.25, 0.3) is 0 Å². The highest BCUT2D eigenvalue weighted by Gasteiger charge is 2.36. The van der Waals surface area contributed by atoms with Gasteiger partial charge in [0.2, 0.25) is 15.9 Å². The van der Waals surface area contributed by atoms with Gasteiger partial charge >= 0.3 is 5.97 Å². The highest BCUT2D eigenvalue weighted by Crippen LogP contribution is 2.27. The van der Waals surface area contributed by atoms with Gasteiger partial charge in [-0.25, -0.2) is 8.42 Å². The molecule has 2 aliphatic heterocycles. The lowest BCUT2D eigenvalue weighted by molar-refractivity contribution is -0.152. The molecule has 9 heteroatoms. The third kappa shape index (κ3) is 5.10. The van der Waals surface area contributed by atoms with Crippen molar-refractivity contribution in [3.8, 4) is 0 Å². The van der Waals surface area contributed by atoms with Crippen LogP contribution in [0.4, 0.5) is 0 Å². The van der Waals surface area contributed by atoms with Gasteiger partial charge in [-0.1, -0.05) is 11.6 Å². The number of carbonyl (C=O) groups excluding carboxylic acids is 2. The van der Waals surface area contributed by atoms with Crippen molar-refractivity contribution in [2.75, 3.05) is 32.8 Å². The molecular weight excluding hydrogens is 416 g/mol. The van der Waals surface area contributed by atoms with E-state index in [0.717, 1.165) is 12.8 Å². The summed E-state index contributed by atoms with van der Waals surface area (Å²) in [6.07, 6.45) is 2.47. The zero-order valence-corrected chi connectivity index (χ0v) is 18.1. The van der Waals surface area contributed by atoms with Gasteiger partial charge < -0.3 is 9.64 Å². The topological polar surface area (TPSA) is 84.0 Å². The average Bonchev–Trinajstić information content (AvgIpc) is 2.74. The van der Waals surface area contributed by atoms with Crippen LogP contribution in [0, 0.1) is 11.8 Å². The van der Waals surface area contributed by atoms with Crippen molar-refractivity contribution in [1.82, 2.24) is 9.21 Å². The number of likely N-dealkylation sites (tertiary alicyclic amines) is 1. The first-order valence-electron chi connectivity index (χ1n) is 10.0. The molecule has 1 amide bonds. The number of carbonyl (C=O) groups is 2. The number of benzene rings is 1. The van der Waals surface area contributed by atoms with Crippen LogP contribution in [0.5, 0.6) is 0 Å². The smallest absolute Gasteiger partial charge is 0.310 e. The summed E-state index contributed by atoms with van der Waals surface area (Å²) < 4.78 is 32.1. The van der Waals surface area contributed by atoms with Gasteiger partial charge in [-0.3, -0.25) is 9.59 Å². The SMILES string of the molecule is CCOC(=O)C1CCCN(C(=O)C2CCN(S(=O)(=O)c3ccc(Cl)cc3)CC2)C1. The third-order valence-corrected chi connectivity index (χ3v) is 7.77. The molecule has 0 spiro atoms. The molecule has 2 saturated heterocycles. The van der Waals surface area contributed by atoms with Gasteiger partial charge in [0.1, 0.15) is 0 Å². The maximum Gasteiger partial charge on any atom is 0.310 e. The van der Waals surface area contributed by atoms with Crippen molar-refractivity contribution in [3.05, 3.63) is 29.3 Å². The number of piperidine rings is 2. The fraction of sp³-hybridized carbons (Fsp3) is 0.600. The Morgan fingerprint density at radius 3 is 2.34 bits per heavy atom. The van der Waals surface area contributed by atoms with Crippen LogP contribution in [0.1, 0.15) is 32.6 Å². The summed E-state index contributed by atoms with van der Waals surface area (Å²) in [6.45, 7) is 3.74. The van der Waals surface area contributed by atoms with Crippen LogP contribution < -0.4 is 0 Å². The molecule has 0 radical (unpaired) electrons. The maximum absolute atomic E-state index is 12.9. The van der Waals surface area contributed by atoms with Gasteiger partial charge in [-0.15, -0.1) is 0 Å². The van der Waals surface area contributed by atoms with Gasteiger partial charge in [0, 0.05) is 37.1 Å². The molecule has 29 heavy (non-hydrogen) atoms. The van der Waals surface area contributed by atoms with Gasteiger partial charge in [0.25, 0.3) is 0 Å². The van der Waals surface area contributed by atoms with Crippen LogP contribution in [0.2, 0.25) is 5.02 Å². The number of rotatable bonds is 5. The summed E-state index contributed by atoms with van der Waals surface area (Å²) in [5, 5.41) is 0.482. The van der Waals surface area contributed by atoms with E-state index in [-0.39, 0.29) is 28.6 Å². The molecule has 0 aromatic heterocycles. The molecule has 0 bridgehead atoms. The second kappa shape index (κ2) is 9.45. The number of ether oxygens (including phenoxy) is 1. The van der Waals surface area contributed by atoms with E-state index < -0.39 is 10.0 Å². The van der Waals surface area contributed by atoms with E-state index >= 15 is 0 Å². The summed E-state index contributed by atoms with van der Waals surface area (Å²) >= 11 is 5.84. The summed E-state index contributed by atoms with van der Waals surface area (Å²) in [5.74, 6) is -0.706. The predicted molar refractivity (Wildman–Crippen MR) is 109 cm³/mol. The molecule has 2 heterocycles. The number of amides is 1. The zero-order valence-electron chi connectivity index (χ0n) is 16.5. The highest BCUT2D eigenvalue weighted by atomic mass is 35.5. The molecule has 7 nitrogen and oxygen atoms in total. The fourth-order valence-corrected chi connectivity index (χ4v) is 5.58. The highest BCUT2D eigenvalue weighted by molar-refractivity contribution is 7.89. The van der Waals surface area contributed by atoms with E-state index in [1.165, 1.54) is 16.4 Å². The minimum absolute atomic E-state index is 0.0162. The largest absolute Gasteiger partial charge is 0.466 e. The Bertz CT molecular complexity index is 835. The summed E-state index contributed by atoms with van der Waals surface area (Å²) in [5.41, 5.74) is 0. The molecule has 160 valence electrons. The number of sulfonamides is 1. The molecule has 2 aliphatic rings. The van der Waals surface area contributed by atoms with Crippen molar-refractivity contribution in [2.45, 2.75) is 37.5 Å². The lowest BCUT2D eigenvalue weighted by atomic mass is 9.93. The monoisotopic (exact) mass is 442 g/mol. The van der Waals surface area contributed by atoms with Crippen molar-refractivity contribution in [3.63, 3.8) is 0 Å². The van der Waals surface area contributed by atoms with E-state index in [1.807, 2.05) is 0 Å². The molecule has 1 aromatic carbocycles. The molecule has 1 unspecified atom stereocenters. The summed E-state index contributed by atoms with van der Waals surface area (Å²) in [6, 6.07) is 6.11. The molecular formula is C20H27ClN2O5S. The molecule has 0 aliphatic carbocycles. The van der Waals surface area contributed by atoms with Crippen molar-refractivity contribution in [1.29, 1.82) is 0 Å². The minimum Gasteiger partial charge on any atom is -0.466 e. The molecule has 2 fully saturated rings. The van der Waals surface area contributed by atoms with Crippen LogP contribution in [-0.4, -0.2) is 62.3 Å². The number of esters is 1. The first-order valence-corrected chi connectivity index (χ1v) is 11.9. The lowest BCUT2D eigenvalue weighted by Gasteiger charge is -2.36. The van der Waals surface area contributed by atoms with Crippen LogP contribution in [0.3, 0.4) is 0 Å². The fourth-order valence-electron chi connectivity index (χ4n) is 3.99. The van der Waals surface area contributed by atoms with Crippen molar-refractivity contribution >= 4 is 33.5 Å². The molecule has 1 atom stereocenters. The predicted octanol–water partition coefficient (Wildman–Crippen LogP) is 2.54. The first kappa shape index (κ1) is 22.1. The van der Waals surface area contributed by atoms with Crippen molar-refractivity contribution < 1.29 is 22.7 Å². The quantitative estimate of drug-likeness (QED) is 0.654. The molecule has 1 aromatic rings. The van der Waals surface area contributed by atoms with Crippen LogP contribution in [0.15, 0.2) is 29.2 Å². The van der Waals surface area contributed by atoms with E-state index in [1.54, 1.807) is 24.0 Å². The Labute approximate surface area is 177 Å². The van der Waals surface area contributed by atoms with Gasteiger partial charge in [0.15, 0.2) is 0 Å². The second-order valence-corrected chi connectivity index (χ2v) is 9.88. The molecule has 0 N–H and O–H groups in total. The first-order chi connectivity index (χ1) is 13.8. The maximum atomic E-state index is 12.9. The van der Waals surface area contributed by atoms with Gasteiger partial charge in [0.05, 0.1) is 17.4 Å². The second-order valence-electron chi connectivity index (χ2n) is 7.51. The zero-order chi connectivity index (χ0) is 21.0. The van der Waals surface area contributed by atoms with Crippen LogP contribution >= 0.6 is 11.6 Å². The summed E-state index contributed by atoms with van der Waals surface area (Å²) in [4.78, 5) is 26.9. The molecule has 3 rings (SSSR count).